The van der Waals surface area contributed by atoms with Crippen LogP contribution >= 0.6 is 0 Å². The quantitative estimate of drug-likeness (QED) is 0.830. The van der Waals surface area contributed by atoms with Crippen molar-refractivity contribution in [2.24, 2.45) is 0 Å². The van der Waals surface area contributed by atoms with E-state index in [1.165, 1.54) is 0 Å². The molecule has 0 bridgehead atoms. The Balaban J connectivity index is 3.13. The van der Waals surface area contributed by atoms with Crippen molar-refractivity contribution in [1.82, 2.24) is 0 Å². The first kappa shape index (κ1) is 11.8. The van der Waals surface area contributed by atoms with Gasteiger partial charge < -0.3 is 5.11 Å². The summed E-state index contributed by atoms with van der Waals surface area (Å²) in [7, 11) is -3.29. The first-order valence-electron chi connectivity index (χ1n) is 4.67. The van der Waals surface area contributed by atoms with E-state index in [0.29, 0.717) is 11.3 Å². The second kappa shape index (κ2) is 4.10. The number of rotatable bonds is 3. The van der Waals surface area contributed by atoms with E-state index >= 15 is 0 Å². The zero-order valence-corrected chi connectivity index (χ0v) is 9.85. The van der Waals surface area contributed by atoms with E-state index in [1.54, 1.807) is 32.9 Å². The van der Waals surface area contributed by atoms with Gasteiger partial charge in [0.15, 0.2) is 0 Å². The zero-order valence-electron chi connectivity index (χ0n) is 9.03. The Hall–Kier alpha value is -1.23. The van der Waals surface area contributed by atoms with E-state index in [4.69, 9.17) is 0 Å². The van der Waals surface area contributed by atoms with Crippen LogP contribution in [0.1, 0.15) is 18.1 Å². The minimum absolute atomic E-state index is 0.0150. The topological polar surface area (TPSA) is 66.4 Å². The molecule has 15 heavy (non-hydrogen) atoms. The van der Waals surface area contributed by atoms with Crippen molar-refractivity contribution < 1.29 is 13.5 Å². The van der Waals surface area contributed by atoms with Crippen LogP contribution in [0.3, 0.4) is 0 Å². The summed E-state index contributed by atoms with van der Waals surface area (Å²) < 4.78 is 25.1. The maximum absolute atomic E-state index is 11.3. The van der Waals surface area contributed by atoms with Crippen molar-refractivity contribution in [3.63, 3.8) is 0 Å². The van der Waals surface area contributed by atoms with E-state index in [1.807, 2.05) is 0 Å². The second-order valence-electron chi connectivity index (χ2n) is 3.41. The molecule has 0 radical (unpaired) electrons. The number of anilines is 1. The molecule has 0 aliphatic carbocycles. The molecule has 0 spiro atoms. The monoisotopic (exact) mass is 229 g/mol. The van der Waals surface area contributed by atoms with E-state index in [0.717, 1.165) is 5.56 Å². The SMILES string of the molecule is CCS(=O)(=O)Nc1ccc(C)c(O)c1C. The summed E-state index contributed by atoms with van der Waals surface area (Å²) in [5, 5.41) is 9.62. The highest BCUT2D eigenvalue weighted by atomic mass is 32.2. The molecule has 5 heteroatoms. The average molecular weight is 229 g/mol. The fraction of sp³-hybridized carbons (Fsp3) is 0.400. The summed E-state index contributed by atoms with van der Waals surface area (Å²) in [6.07, 6.45) is 0. The number of aromatic hydroxyl groups is 1. The van der Waals surface area contributed by atoms with E-state index in [-0.39, 0.29) is 11.5 Å². The predicted molar refractivity (Wildman–Crippen MR) is 60.7 cm³/mol. The van der Waals surface area contributed by atoms with Gasteiger partial charge in [0, 0.05) is 5.56 Å². The number of hydrogen-bond donors (Lipinski definition) is 2. The lowest BCUT2D eigenvalue weighted by Crippen LogP contribution is -2.15. The molecule has 0 aliphatic heterocycles. The van der Waals surface area contributed by atoms with Gasteiger partial charge in [-0.05, 0) is 32.4 Å². The van der Waals surface area contributed by atoms with Gasteiger partial charge in [-0.3, -0.25) is 4.72 Å². The van der Waals surface area contributed by atoms with Gasteiger partial charge in [0.1, 0.15) is 5.75 Å². The first-order valence-corrected chi connectivity index (χ1v) is 6.32. The summed E-state index contributed by atoms with van der Waals surface area (Å²) in [6.45, 7) is 5.00. The Bertz CT molecular complexity index is 466. The van der Waals surface area contributed by atoms with E-state index in [9.17, 15) is 13.5 Å². The van der Waals surface area contributed by atoms with Crippen LogP contribution in [-0.2, 0) is 10.0 Å². The van der Waals surface area contributed by atoms with Crippen LogP contribution in [-0.4, -0.2) is 19.3 Å². The van der Waals surface area contributed by atoms with Gasteiger partial charge in [-0.1, -0.05) is 6.07 Å². The van der Waals surface area contributed by atoms with Crippen molar-refractivity contribution in [3.8, 4) is 5.75 Å². The Morgan fingerprint density at radius 1 is 1.33 bits per heavy atom. The van der Waals surface area contributed by atoms with E-state index < -0.39 is 10.0 Å². The lowest BCUT2D eigenvalue weighted by Gasteiger charge is -2.11. The maximum atomic E-state index is 11.3. The number of phenolic OH excluding ortho intramolecular Hbond substituents is 1. The standard InChI is InChI=1S/C10H15NO3S/c1-4-15(13,14)11-9-6-5-7(2)10(12)8(9)3/h5-6,11-12H,4H2,1-3H3. The van der Waals surface area contributed by atoms with Crippen molar-refractivity contribution in [2.75, 3.05) is 10.5 Å². The summed E-state index contributed by atoms with van der Waals surface area (Å²) in [4.78, 5) is 0. The summed E-state index contributed by atoms with van der Waals surface area (Å²) >= 11 is 0. The van der Waals surface area contributed by atoms with Crippen LogP contribution < -0.4 is 4.72 Å². The lowest BCUT2D eigenvalue weighted by atomic mass is 10.1. The molecule has 0 heterocycles. The van der Waals surface area contributed by atoms with Crippen molar-refractivity contribution in [3.05, 3.63) is 23.3 Å². The molecule has 0 amide bonds. The second-order valence-corrected chi connectivity index (χ2v) is 5.42. The van der Waals surface area contributed by atoms with Gasteiger partial charge >= 0.3 is 0 Å². The number of benzene rings is 1. The van der Waals surface area contributed by atoms with Gasteiger partial charge in [0.05, 0.1) is 11.4 Å². The van der Waals surface area contributed by atoms with Gasteiger partial charge in [0.2, 0.25) is 10.0 Å². The van der Waals surface area contributed by atoms with Gasteiger partial charge in [0.25, 0.3) is 0 Å². The van der Waals surface area contributed by atoms with Crippen LogP contribution in [0, 0.1) is 13.8 Å². The maximum Gasteiger partial charge on any atom is 0.232 e. The normalized spacial score (nSPS) is 11.4. The molecule has 4 nitrogen and oxygen atoms in total. The minimum atomic E-state index is -3.29. The molecule has 2 N–H and O–H groups in total. The molecule has 0 aliphatic rings. The van der Waals surface area contributed by atoms with Gasteiger partial charge in [-0.25, -0.2) is 8.42 Å². The number of aryl methyl sites for hydroxylation is 1. The third kappa shape index (κ3) is 2.62. The Labute approximate surface area is 90.0 Å². The highest BCUT2D eigenvalue weighted by molar-refractivity contribution is 7.92. The highest BCUT2D eigenvalue weighted by Gasteiger charge is 2.11. The molecule has 84 valence electrons. The van der Waals surface area contributed by atoms with E-state index in [2.05, 4.69) is 4.72 Å². The molecule has 0 saturated carbocycles. The van der Waals surface area contributed by atoms with Crippen LogP contribution in [0.5, 0.6) is 5.75 Å². The molecule has 0 saturated heterocycles. The van der Waals surface area contributed by atoms with Crippen LogP contribution in [0.4, 0.5) is 5.69 Å². The first-order chi connectivity index (χ1) is 6.87. The molecule has 0 unspecified atom stereocenters. The van der Waals surface area contributed by atoms with Crippen molar-refractivity contribution >= 4 is 15.7 Å². The van der Waals surface area contributed by atoms with Crippen molar-refractivity contribution in [2.45, 2.75) is 20.8 Å². The largest absolute Gasteiger partial charge is 0.507 e. The van der Waals surface area contributed by atoms with Gasteiger partial charge in [-0.15, -0.1) is 0 Å². The van der Waals surface area contributed by atoms with Gasteiger partial charge in [-0.2, -0.15) is 0 Å². The number of nitrogens with one attached hydrogen (secondary N) is 1. The molecule has 1 rings (SSSR count). The van der Waals surface area contributed by atoms with Crippen molar-refractivity contribution in [1.29, 1.82) is 0 Å². The Kier molecular flexibility index (Phi) is 3.24. The third-order valence-corrected chi connectivity index (χ3v) is 3.57. The average Bonchev–Trinajstić information content (AvgIpc) is 2.19. The minimum Gasteiger partial charge on any atom is -0.507 e. The smallest absolute Gasteiger partial charge is 0.232 e. The highest BCUT2D eigenvalue weighted by Crippen LogP contribution is 2.28. The van der Waals surface area contributed by atoms with Crippen LogP contribution in [0.25, 0.3) is 0 Å². The van der Waals surface area contributed by atoms with Crippen LogP contribution in [0.15, 0.2) is 12.1 Å². The molecule has 1 aromatic rings. The molecular weight excluding hydrogens is 214 g/mol. The fourth-order valence-corrected chi connectivity index (χ4v) is 1.89. The third-order valence-electron chi connectivity index (χ3n) is 2.28. The predicted octanol–water partition coefficient (Wildman–Crippen LogP) is 1.77. The zero-order chi connectivity index (χ0) is 11.6. The fourth-order valence-electron chi connectivity index (χ4n) is 1.19. The summed E-state index contributed by atoms with van der Waals surface area (Å²) in [5.41, 5.74) is 1.71. The molecule has 0 fully saturated rings. The molecule has 0 atom stereocenters. The summed E-state index contributed by atoms with van der Waals surface area (Å²) in [5.74, 6) is 0.146. The molecular formula is C10H15NO3S. The number of sulfonamides is 1. The Morgan fingerprint density at radius 2 is 1.93 bits per heavy atom. The molecule has 0 aromatic heterocycles. The summed E-state index contributed by atoms with van der Waals surface area (Å²) in [6, 6.07) is 3.33. The number of phenols is 1. The number of hydrogen-bond acceptors (Lipinski definition) is 3. The lowest BCUT2D eigenvalue weighted by molar-refractivity contribution is 0.467. The Morgan fingerprint density at radius 3 is 2.47 bits per heavy atom. The van der Waals surface area contributed by atoms with Crippen LogP contribution in [0.2, 0.25) is 0 Å². The molecule has 1 aromatic carbocycles.